The van der Waals surface area contributed by atoms with Gasteiger partial charge in [0.05, 0.1) is 14.2 Å². The minimum atomic E-state index is -0.906. The van der Waals surface area contributed by atoms with E-state index in [1.165, 1.54) is 0 Å². The van der Waals surface area contributed by atoms with Gasteiger partial charge in [0.1, 0.15) is 11.5 Å². The van der Waals surface area contributed by atoms with Gasteiger partial charge in [0.2, 0.25) is 0 Å². The van der Waals surface area contributed by atoms with E-state index in [1.807, 2.05) is 37.3 Å². The Balaban J connectivity index is 2.72. The van der Waals surface area contributed by atoms with Gasteiger partial charge in [0.15, 0.2) is 0 Å². The molecule has 0 saturated carbocycles. The molecule has 2 aromatic carbocycles. The molecule has 2 aromatic rings. The number of hydrogen-bond acceptors (Lipinski definition) is 3. The van der Waals surface area contributed by atoms with Crippen LogP contribution in [0.3, 0.4) is 0 Å². The summed E-state index contributed by atoms with van der Waals surface area (Å²) in [4.78, 5) is 11.4. The van der Waals surface area contributed by atoms with Gasteiger partial charge in [-0.15, -0.1) is 0 Å². The third-order valence-electron chi connectivity index (χ3n) is 3.53. The Bertz CT molecular complexity index is 716. The van der Waals surface area contributed by atoms with Crippen molar-refractivity contribution in [2.45, 2.75) is 19.8 Å². The van der Waals surface area contributed by atoms with E-state index in [0.717, 1.165) is 17.2 Å². The van der Waals surface area contributed by atoms with E-state index in [9.17, 15) is 9.90 Å². The van der Waals surface area contributed by atoms with E-state index in [2.05, 4.69) is 0 Å². The van der Waals surface area contributed by atoms with Crippen LogP contribution < -0.4 is 9.47 Å². The number of ether oxygens (including phenoxy) is 2. The van der Waals surface area contributed by atoms with Gasteiger partial charge >= 0.3 is 5.97 Å². The normalized spacial score (nSPS) is 11.5. The van der Waals surface area contributed by atoms with Crippen molar-refractivity contribution in [1.82, 2.24) is 0 Å². The van der Waals surface area contributed by atoms with Crippen LogP contribution in [-0.2, 0) is 4.79 Å². The van der Waals surface area contributed by atoms with Crippen molar-refractivity contribution in [3.63, 3.8) is 0 Å². The first-order valence-electron chi connectivity index (χ1n) is 7.20. The van der Waals surface area contributed by atoms with Gasteiger partial charge in [-0.25, -0.2) is 4.79 Å². The van der Waals surface area contributed by atoms with Crippen LogP contribution in [-0.4, -0.2) is 25.3 Å². The molecule has 4 heteroatoms. The lowest BCUT2D eigenvalue weighted by molar-refractivity contribution is -0.132. The Hall–Kier alpha value is -2.49. The van der Waals surface area contributed by atoms with Gasteiger partial charge in [0, 0.05) is 21.9 Å². The molecule has 0 unspecified atom stereocenters. The van der Waals surface area contributed by atoms with Crippen molar-refractivity contribution >= 4 is 22.8 Å². The van der Waals surface area contributed by atoms with Crippen LogP contribution in [0.1, 0.15) is 25.3 Å². The summed E-state index contributed by atoms with van der Waals surface area (Å²) >= 11 is 0. The Morgan fingerprint density at radius 2 is 1.86 bits per heavy atom. The molecule has 0 bridgehead atoms. The quantitative estimate of drug-likeness (QED) is 0.815. The van der Waals surface area contributed by atoms with Gasteiger partial charge in [0.25, 0.3) is 0 Å². The fourth-order valence-electron chi connectivity index (χ4n) is 2.54. The minimum Gasteiger partial charge on any atom is -0.496 e. The van der Waals surface area contributed by atoms with E-state index in [-0.39, 0.29) is 0 Å². The number of aliphatic carboxylic acids is 1. The lowest BCUT2D eigenvalue weighted by Gasteiger charge is -2.13. The lowest BCUT2D eigenvalue weighted by Crippen LogP contribution is -2.01. The molecule has 0 aliphatic heterocycles. The molecule has 22 heavy (non-hydrogen) atoms. The van der Waals surface area contributed by atoms with E-state index in [1.54, 1.807) is 20.3 Å². The molecule has 2 rings (SSSR count). The fraction of sp³-hybridized carbons (Fsp3) is 0.278. The zero-order valence-corrected chi connectivity index (χ0v) is 13.1. The van der Waals surface area contributed by atoms with Gasteiger partial charge in [-0.05, 0) is 18.6 Å². The Morgan fingerprint density at radius 3 is 2.41 bits per heavy atom. The van der Waals surface area contributed by atoms with Crippen LogP contribution in [0.5, 0.6) is 11.5 Å². The van der Waals surface area contributed by atoms with Crippen LogP contribution in [0.25, 0.3) is 16.8 Å². The lowest BCUT2D eigenvalue weighted by atomic mass is 10.0. The van der Waals surface area contributed by atoms with Crippen molar-refractivity contribution < 1.29 is 19.4 Å². The number of methoxy groups -OCH3 is 2. The Morgan fingerprint density at radius 1 is 1.18 bits per heavy atom. The molecule has 0 aliphatic rings. The maximum absolute atomic E-state index is 11.4. The largest absolute Gasteiger partial charge is 0.496 e. The van der Waals surface area contributed by atoms with Crippen molar-refractivity contribution in [3.05, 3.63) is 41.5 Å². The predicted octanol–water partition coefficient (Wildman–Crippen LogP) is 4.13. The topological polar surface area (TPSA) is 55.8 Å². The zero-order valence-electron chi connectivity index (χ0n) is 13.1. The van der Waals surface area contributed by atoms with Crippen LogP contribution in [0.15, 0.2) is 35.9 Å². The number of fused-ring (bicyclic) bond motifs is 1. The number of benzene rings is 2. The van der Waals surface area contributed by atoms with Gasteiger partial charge in [-0.1, -0.05) is 37.6 Å². The molecule has 4 nitrogen and oxygen atoms in total. The molecule has 0 spiro atoms. The molecule has 0 heterocycles. The van der Waals surface area contributed by atoms with Crippen LogP contribution in [0, 0.1) is 0 Å². The Labute approximate surface area is 130 Å². The average molecular weight is 300 g/mol. The zero-order chi connectivity index (χ0) is 16.1. The highest BCUT2D eigenvalue weighted by Crippen LogP contribution is 2.37. The minimum absolute atomic E-state index is 0.359. The average Bonchev–Trinajstić information content (AvgIpc) is 2.53. The van der Waals surface area contributed by atoms with Crippen molar-refractivity contribution in [1.29, 1.82) is 0 Å². The fourth-order valence-corrected chi connectivity index (χ4v) is 2.54. The molecule has 0 aromatic heterocycles. The summed E-state index contributed by atoms with van der Waals surface area (Å²) in [6, 6.07) is 9.56. The summed E-state index contributed by atoms with van der Waals surface area (Å²) < 4.78 is 11.0. The summed E-state index contributed by atoms with van der Waals surface area (Å²) in [5, 5.41) is 11.2. The standard InChI is InChI=1S/C18H20O4/c1-4-7-12(18(19)20)10-13-11-16(21-2)14-8-5-6-9-15(14)17(13)22-3/h5-6,8-11H,4,7H2,1-3H3,(H,19,20)/b12-10-. The smallest absolute Gasteiger partial charge is 0.331 e. The molecular formula is C18H20O4. The third kappa shape index (κ3) is 3.06. The number of rotatable bonds is 6. The molecule has 0 fully saturated rings. The van der Waals surface area contributed by atoms with Crippen LogP contribution in [0.2, 0.25) is 0 Å². The first-order chi connectivity index (χ1) is 10.6. The summed E-state index contributed by atoms with van der Waals surface area (Å²) in [5.74, 6) is 0.450. The van der Waals surface area contributed by atoms with Crippen LogP contribution >= 0.6 is 0 Å². The highest BCUT2D eigenvalue weighted by Gasteiger charge is 2.14. The van der Waals surface area contributed by atoms with E-state index in [4.69, 9.17) is 9.47 Å². The van der Waals surface area contributed by atoms with Gasteiger partial charge < -0.3 is 14.6 Å². The first kappa shape index (κ1) is 15.9. The van der Waals surface area contributed by atoms with Crippen molar-refractivity contribution in [3.8, 4) is 11.5 Å². The van der Waals surface area contributed by atoms with E-state index >= 15 is 0 Å². The second-order valence-electron chi connectivity index (χ2n) is 4.97. The molecule has 1 N–H and O–H groups in total. The van der Waals surface area contributed by atoms with Crippen molar-refractivity contribution in [2.75, 3.05) is 14.2 Å². The summed E-state index contributed by atoms with van der Waals surface area (Å²) in [6.07, 6.45) is 2.94. The van der Waals surface area contributed by atoms with E-state index in [0.29, 0.717) is 29.1 Å². The second kappa shape index (κ2) is 6.98. The summed E-state index contributed by atoms with van der Waals surface area (Å²) in [6.45, 7) is 1.95. The second-order valence-corrected chi connectivity index (χ2v) is 4.97. The summed E-state index contributed by atoms with van der Waals surface area (Å²) in [7, 11) is 3.19. The Kier molecular flexibility index (Phi) is 5.04. The molecule has 0 saturated heterocycles. The molecule has 0 atom stereocenters. The number of hydrogen-bond donors (Lipinski definition) is 1. The molecule has 0 radical (unpaired) electrons. The van der Waals surface area contributed by atoms with Crippen molar-refractivity contribution in [2.24, 2.45) is 0 Å². The molecule has 116 valence electrons. The summed E-state index contributed by atoms with van der Waals surface area (Å²) in [5.41, 5.74) is 1.07. The SMILES string of the molecule is CCC/C(=C/c1cc(OC)c2ccccc2c1OC)C(=O)O. The number of carboxylic acids is 1. The number of carbonyl (C=O) groups is 1. The maximum Gasteiger partial charge on any atom is 0.331 e. The highest BCUT2D eigenvalue weighted by atomic mass is 16.5. The molecule has 0 amide bonds. The molecule has 0 aliphatic carbocycles. The van der Waals surface area contributed by atoms with Crippen LogP contribution in [0.4, 0.5) is 0 Å². The highest BCUT2D eigenvalue weighted by molar-refractivity contribution is 5.99. The maximum atomic E-state index is 11.4. The number of carboxylic acid groups (broad SMARTS) is 1. The monoisotopic (exact) mass is 300 g/mol. The van der Waals surface area contributed by atoms with Gasteiger partial charge in [-0.3, -0.25) is 0 Å². The van der Waals surface area contributed by atoms with E-state index < -0.39 is 5.97 Å². The third-order valence-corrected chi connectivity index (χ3v) is 3.53. The first-order valence-corrected chi connectivity index (χ1v) is 7.20. The van der Waals surface area contributed by atoms with Gasteiger partial charge in [-0.2, -0.15) is 0 Å². The molecular weight excluding hydrogens is 280 g/mol. The predicted molar refractivity (Wildman–Crippen MR) is 87.6 cm³/mol.